The van der Waals surface area contributed by atoms with E-state index in [1.165, 1.54) is 11.3 Å². The summed E-state index contributed by atoms with van der Waals surface area (Å²) in [4.78, 5) is 24.7. The number of thiophene rings is 1. The average molecular weight is 350 g/mol. The zero-order chi connectivity index (χ0) is 16.7. The SMILES string of the molecule is CNC(=O)c1ccsc1NC(=O)CCSc1ccc(OC)cc1. The Bertz CT molecular complexity index is 668. The van der Waals surface area contributed by atoms with Gasteiger partial charge in [0.2, 0.25) is 5.91 Å². The molecular formula is C16H18N2O3S2. The van der Waals surface area contributed by atoms with Crippen molar-refractivity contribution in [2.75, 3.05) is 25.2 Å². The molecule has 1 aromatic carbocycles. The third-order valence-corrected chi connectivity index (χ3v) is 4.89. The predicted molar refractivity (Wildman–Crippen MR) is 94.7 cm³/mol. The van der Waals surface area contributed by atoms with E-state index in [2.05, 4.69) is 10.6 Å². The molecule has 0 fully saturated rings. The molecule has 0 unspecified atom stereocenters. The number of nitrogens with one attached hydrogen (secondary N) is 2. The van der Waals surface area contributed by atoms with Crippen molar-refractivity contribution in [2.24, 2.45) is 0 Å². The van der Waals surface area contributed by atoms with Crippen molar-refractivity contribution in [1.82, 2.24) is 5.32 Å². The van der Waals surface area contributed by atoms with Crippen molar-refractivity contribution in [3.63, 3.8) is 0 Å². The molecule has 5 nitrogen and oxygen atoms in total. The molecule has 0 bridgehead atoms. The Hall–Kier alpha value is -1.99. The van der Waals surface area contributed by atoms with Crippen molar-refractivity contribution in [3.05, 3.63) is 41.3 Å². The highest BCUT2D eigenvalue weighted by Gasteiger charge is 2.13. The Morgan fingerprint density at radius 2 is 1.96 bits per heavy atom. The third kappa shape index (κ3) is 5.01. The van der Waals surface area contributed by atoms with Gasteiger partial charge in [0.1, 0.15) is 10.8 Å². The molecular weight excluding hydrogens is 332 g/mol. The summed E-state index contributed by atoms with van der Waals surface area (Å²) in [7, 11) is 3.20. The average Bonchev–Trinajstić information content (AvgIpc) is 3.02. The van der Waals surface area contributed by atoms with Crippen LogP contribution in [0.1, 0.15) is 16.8 Å². The second kappa shape index (κ2) is 8.59. The second-order valence-electron chi connectivity index (χ2n) is 4.56. The molecule has 2 amide bonds. The number of ether oxygens (including phenoxy) is 1. The van der Waals surface area contributed by atoms with Gasteiger partial charge in [-0.05, 0) is 35.7 Å². The zero-order valence-corrected chi connectivity index (χ0v) is 14.6. The smallest absolute Gasteiger partial charge is 0.254 e. The highest BCUT2D eigenvalue weighted by atomic mass is 32.2. The van der Waals surface area contributed by atoms with E-state index in [9.17, 15) is 9.59 Å². The Morgan fingerprint density at radius 1 is 1.22 bits per heavy atom. The van der Waals surface area contributed by atoms with E-state index in [0.29, 0.717) is 22.7 Å². The molecule has 0 atom stereocenters. The topological polar surface area (TPSA) is 67.4 Å². The van der Waals surface area contributed by atoms with Crippen molar-refractivity contribution < 1.29 is 14.3 Å². The van der Waals surface area contributed by atoms with Crippen LogP contribution in [-0.2, 0) is 4.79 Å². The minimum Gasteiger partial charge on any atom is -0.497 e. The number of thioether (sulfide) groups is 1. The minimum absolute atomic E-state index is 0.0985. The molecule has 2 rings (SSSR count). The first kappa shape index (κ1) is 17.4. The number of carbonyl (C=O) groups is 2. The summed E-state index contributed by atoms with van der Waals surface area (Å²) in [5.41, 5.74) is 0.494. The van der Waals surface area contributed by atoms with Gasteiger partial charge < -0.3 is 15.4 Å². The van der Waals surface area contributed by atoms with Gasteiger partial charge in [0.25, 0.3) is 5.91 Å². The van der Waals surface area contributed by atoms with Gasteiger partial charge in [-0.3, -0.25) is 9.59 Å². The number of hydrogen-bond acceptors (Lipinski definition) is 5. The minimum atomic E-state index is -0.200. The first-order valence-corrected chi connectivity index (χ1v) is 8.87. The maximum atomic E-state index is 12.0. The summed E-state index contributed by atoms with van der Waals surface area (Å²) in [5.74, 6) is 1.18. The standard InChI is InChI=1S/C16H18N2O3S2/c1-17-15(20)13-7-9-23-16(13)18-14(19)8-10-22-12-5-3-11(21-2)4-6-12/h3-7,9H,8,10H2,1-2H3,(H,17,20)(H,18,19). The van der Waals surface area contributed by atoms with Crippen LogP contribution >= 0.6 is 23.1 Å². The van der Waals surface area contributed by atoms with Crippen molar-refractivity contribution >= 4 is 39.9 Å². The lowest BCUT2D eigenvalue weighted by molar-refractivity contribution is -0.115. The van der Waals surface area contributed by atoms with Crippen LogP contribution in [0.15, 0.2) is 40.6 Å². The summed E-state index contributed by atoms with van der Waals surface area (Å²) in [6.07, 6.45) is 0.377. The molecule has 0 spiro atoms. The number of carbonyl (C=O) groups excluding carboxylic acids is 2. The number of amides is 2. The van der Waals surface area contributed by atoms with Crippen LogP contribution in [0.25, 0.3) is 0 Å². The molecule has 2 N–H and O–H groups in total. The van der Waals surface area contributed by atoms with E-state index in [1.54, 1.807) is 37.4 Å². The number of methoxy groups -OCH3 is 1. The molecule has 23 heavy (non-hydrogen) atoms. The zero-order valence-electron chi connectivity index (χ0n) is 12.9. The maximum Gasteiger partial charge on any atom is 0.254 e. The van der Waals surface area contributed by atoms with Crippen LogP contribution in [0.2, 0.25) is 0 Å². The fourth-order valence-corrected chi connectivity index (χ4v) is 3.49. The number of anilines is 1. The maximum absolute atomic E-state index is 12.0. The largest absolute Gasteiger partial charge is 0.497 e. The lowest BCUT2D eigenvalue weighted by Gasteiger charge is -2.06. The summed E-state index contributed by atoms with van der Waals surface area (Å²) in [6.45, 7) is 0. The fourth-order valence-electron chi connectivity index (χ4n) is 1.84. The molecule has 7 heteroatoms. The van der Waals surface area contributed by atoms with Crippen LogP contribution in [0, 0.1) is 0 Å². The van der Waals surface area contributed by atoms with E-state index >= 15 is 0 Å². The van der Waals surface area contributed by atoms with Crippen molar-refractivity contribution in [1.29, 1.82) is 0 Å². The molecule has 0 radical (unpaired) electrons. The van der Waals surface area contributed by atoms with Gasteiger partial charge >= 0.3 is 0 Å². The Morgan fingerprint density at radius 3 is 2.61 bits per heavy atom. The Labute approximate surface area is 143 Å². The number of benzene rings is 1. The Kier molecular flexibility index (Phi) is 6.49. The van der Waals surface area contributed by atoms with Gasteiger partial charge in [-0.25, -0.2) is 0 Å². The van der Waals surface area contributed by atoms with Crippen LogP contribution < -0.4 is 15.4 Å². The van der Waals surface area contributed by atoms with Gasteiger partial charge in [-0.2, -0.15) is 0 Å². The van der Waals surface area contributed by atoms with Crippen LogP contribution in [0.4, 0.5) is 5.00 Å². The quantitative estimate of drug-likeness (QED) is 0.752. The summed E-state index contributed by atoms with van der Waals surface area (Å²) < 4.78 is 5.11. The van der Waals surface area contributed by atoms with Crippen molar-refractivity contribution in [2.45, 2.75) is 11.3 Å². The summed E-state index contributed by atoms with van der Waals surface area (Å²) in [6, 6.07) is 9.41. The highest BCUT2D eigenvalue weighted by molar-refractivity contribution is 7.99. The van der Waals surface area contributed by atoms with E-state index in [0.717, 1.165) is 10.6 Å². The van der Waals surface area contributed by atoms with Gasteiger partial charge in [0.15, 0.2) is 0 Å². The monoisotopic (exact) mass is 350 g/mol. The van der Waals surface area contributed by atoms with Gasteiger partial charge in [-0.15, -0.1) is 23.1 Å². The van der Waals surface area contributed by atoms with Crippen LogP contribution in [0.3, 0.4) is 0 Å². The van der Waals surface area contributed by atoms with Crippen molar-refractivity contribution in [3.8, 4) is 5.75 Å². The lowest BCUT2D eigenvalue weighted by Crippen LogP contribution is -2.20. The summed E-state index contributed by atoms with van der Waals surface area (Å²) >= 11 is 2.95. The molecule has 1 heterocycles. The third-order valence-electron chi connectivity index (χ3n) is 3.05. The molecule has 0 saturated heterocycles. The number of hydrogen-bond donors (Lipinski definition) is 2. The normalized spacial score (nSPS) is 10.2. The fraction of sp³-hybridized carbons (Fsp3) is 0.250. The van der Waals surface area contributed by atoms with Gasteiger partial charge in [0.05, 0.1) is 12.7 Å². The first-order chi connectivity index (χ1) is 11.1. The lowest BCUT2D eigenvalue weighted by atomic mass is 10.3. The highest BCUT2D eigenvalue weighted by Crippen LogP contribution is 2.24. The van der Waals surface area contributed by atoms with E-state index in [4.69, 9.17) is 4.74 Å². The molecule has 1 aromatic heterocycles. The van der Waals surface area contributed by atoms with Crippen LogP contribution in [-0.4, -0.2) is 31.7 Å². The molecule has 2 aromatic rings. The number of rotatable bonds is 7. The molecule has 122 valence electrons. The Balaban J connectivity index is 1.81. The molecule has 0 aliphatic carbocycles. The first-order valence-electron chi connectivity index (χ1n) is 7.00. The molecule has 0 saturated carbocycles. The van der Waals surface area contributed by atoms with E-state index in [-0.39, 0.29) is 11.8 Å². The second-order valence-corrected chi connectivity index (χ2v) is 6.65. The molecule has 0 aliphatic heterocycles. The van der Waals surface area contributed by atoms with E-state index < -0.39 is 0 Å². The van der Waals surface area contributed by atoms with E-state index in [1.807, 2.05) is 24.3 Å². The predicted octanol–water partition coefficient (Wildman–Crippen LogP) is 3.24. The summed E-state index contributed by atoms with van der Waals surface area (Å²) in [5, 5.41) is 7.72. The van der Waals surface area contributed by atoms with Gasteiger partial charge in [0, 0.05) is 24.1 Å². The molecule has 0 aliphatic rings. The van der Waals surface area contributed by atoms with Crippen LogP contribution in [0.5, 0.6) is 5.75 Å². The van der Waals surface area contributed by atoms with Gasteiger partial charge in [-0.1, -0.05) is 0 Å².